The molecule has 0 spiro atoms. The van der Waals surface area contributed by atoms with Crippen LogP contribution in [0.3, 0.4) is 0 Å². The second-order valence-electron chi connectivity index (χ2n) is 7.44. The molecule has 0 radical (unpaired) electrons. The summed E-state index contributed by atoms with van der Waals surface area (Å²) in [5.41, 5.74) is 4.47. The summed E-state index contributed by atoms with van der Waals surface area (Å²) in [5.74, 6) is 0.318. The van der Waals surface area contributed by atoms with Crippen LogP contribution in [0.2, 0.25) is 0 Å². The smallest absolute Gasteiger partial charge is 0.256 e. The fourth-order valence-corrected chi connectivity index (χ4v) is 3.93. The maximum absolute atomic E-state index is 12.6. The van der Waals surface area contributed by atoms with Gasteiger partial charge in [0.1, 0.15) is 6.33 Å². The highest BCUT2D eigenvalue weighted by molar-refractivity contribution is 5.93. The zero-order chi connectivity index (χ0) is 20.3. The van der Waals surface area contributed by atoms with Gasteiger partial charge in [0, 0.05) is 66.6 Å². The molecule has 0 unspecified atom stereocenters. The van der Waals surface area contributed by atoms with E-state index >= 15 is 0 Å². The largest absolute Gasteiger partial charge is 0.339 e. The topological polar surface area (TPSA) is 84.8 Å². The molecular weight excluding hydrogens is 376 g/mol. The van der Waals surface area contributed by atoms with E-state index in [-0.39, 0.29) is 5.91 Å². The third-order valence-corrected chi connectivity index (χ3v) is 5.59. The number of hydrogen-bond donors (Lipinski definition) is 0. The average molecular weight is 396 g/mol. The molecule has 148 valence electrons. The van der Waals surface area contributed by atoms with E-state index in [1.165, 1.54) is 6.33 Å². The average Bonchev–Trinajstić information content (AvgIpc) is 2.84. The van der Waals surface area contributed by atoms with E-state index < -0.39 is 0 Å². The van der Waals surface area contributed by atoms with E-state index in [4.69, 9.17) is 4.98 Å². The van der Waals surface area contributed by atoms with Crippen LogP contribution in [-0.2, 0) is 0 Å². The van der Waals surface area contributed by atoms with Gasteiger partial charge in [0.25, 0.3) is 5.91 Å². The Morgan fingerprint density at radius 2 is 1.67 bits per heavy atom. The number of amides is 1. The van der Waals surface area contributed by atoms with Crippen molar-refractivity contribution in [1.29, 1.82) is 0 Å². The highest BCUT2D eigenvalue weighted by Crippen LogP contribution is 2.29. The highest BCUT2D eigenvalue weighted by atomic mass is 16.2. The van der Waals surface area contributed by atoms with Crippen molar-refractivity contribution in [2.75, 3.05) is 13.1 Å². The normalized spacial score (nSPS) is 14.7. The number of carbonyl (C=O) groups excluding carboxylic acids is 1. The summed E-state index contributed by atoms with van der Waals surface area (Å²) in [6, 6.07) is 10.2. The molecule has 0 aromatic carbocycles. The maximum atomic E-state index is 12.6. The minimum absolute atomic E-state index is 0.00849. The fraction of sp³-hybridized carbons (Fsp3) is 0.217. The van der Waals surface area contributed by atoms with E-state index in [9.17, 15) is 4.79 Å². The number of aromatic nitrogens is 5. The zero-order valence-corrected chi connectivity index (χ0v) is 16.3. The summed E-state index contributed by atoms with van der Waals surface area (Å²) in [5, 5.41) is 1.02. The molecule has 0 saturated carbocycles. The Morgan fingerprint density at radius 3 is 2.43 bits per heavy atom. The van der Waals surface area contributed by atoms with Crippen LogP contribution in [0.5, 0.6) is 0 Å². The first kappa shape index (κ1) is 18.3. The lowest BCUT2D eigenvalue weighted by Gasteiger charge is -2.31. The fourth-order valence-electron chi connectivity index (χ4n) is 3.93. The Bertz CT molecular complexity index is 1170. The number of likely N-dealkylation sites (tertiary alicyclic amines) is 1. The molecule has 7 heteroatoms. The Morgan fingerprint density at radius 1 is 0.900 bits per heavy atom. The van der Waals surface area contributed by atoms with Gasteiger partial charge in [0.2, 0.25) is 0 Å². The van der Waals surface area contributed by atoms with Gasteiger partial charge in [-0.3, -0.25) is 9.78 Å². The van der Waals surface area contributed by atoms with Crippen LogP contribution < -0.4 is 0 Å². The van der Waals surface area contributed by atoms with E-state index in [0.29, 0.717) is 24.6 Å². The summed E-state index contributed by atoms with van der Waals surface area (Å²) in [4.78, 5) is 35.8. The highest BCUT2D eigenvalue weighted by Gasteiger charge is 2.25. The predicted molar refractivity (Wildman–Crippen MR) is 113 cm³/mol. The summed E-state index contributed by atoms with van der Waals surface area (Å²) >= 11 is 0. The Hall–Kier alpha value is -3.74. The van der Waals surface area contributed by atoms with Crippen molar-refractivity contribution < 1.29 is 4.79 Å². The summed E-state index contributed by atoms with van der Waals surface area (Å²) < 4.78 is 0. The molecule has 1 fully saturated rings. The SMILES string of the molecule is O=C(c1cncnc1)N1CCC(c2ccc3cc(-c4ccncc4)cnc3n2)CC1. The van der Waals surface area contributed by atoms with Crippen LogP contribution in [0.15, 0.2) is 67.6 Å². The molecule has 1 aliphatic rings. The molecule has 1 aliphatic heterocycles. The van der Waals surface area contributed by atoms with Crippen molar-refractivity contribution in [3.8, 4) is 11.1 Å². The van der Waals surface area contributed by atoms with E-state index in [1.807, 2.05) is 23.2 Å². The molecule has 0 N–H and O–H groups in total. The number of hydrogen-bond acceptors (Lipinski definition) is 6. The van der Waals surface area contributed by atoms with Crippen LogP contribution in [0.1, 0.15) is 34.8 Å². The number of fused-ring (bicyclic) bond motifs is 1. The minimum atomic E-state index is -0.00849. The van der Waals surface area contributed by atoms with Crippen LogP contribution in [0, 0.1) is 0 Å². The van der Waals surface area contributed by atoms with Crippen LogP contribution in [-0.4, -0.2) is 48.8 Å². The molecule has 7 nitrogen and oxygen atoms in total. The van der Waals surface area contributed by atoms with Gasteiger partial charge in [-0.05, 0) is 48.7 Å². The first-order chi connectivity index (χ1) is 14.8. The molecule has 1 saturated heterocycles. The van der Waals surface area contributed by atoms with Gasteiger partial charge >= 0.3 is 0 Å². The van der Waals surface area contributed by atoms with Crippen molar-refractivity contribution in [2.45, 2.75) is 18.8 Å². The number of pyridine rings is 3. The molecule has 0 atom stereocenters. The third-order valence-electron chi connectivity index (χ3n) is 5.59. The summed E-state index contributed by atoms with van der Waals surface area (Å²) in [6.45, 7) is 1.40. The lowest BCUT2D eigenvalue weighted by molar-refractivity contribution is 0.0711. The van der Waals surface area contributed by atoms with Gasteiger partial charge in [-0.2, -0.15) is 0 Å². The van der Waals surface area contributed by atoms with E-state index in [0.717, 1.165) is 40.7 Å². The Labute approximate surface area is 173 Å². The zero-order valence-electron chi connectivity index (χ0n) is 16.3. The third kappa shape index (κ3) is 3.61. The van der Waals surface area contributed by atoms with Crippen LogP contribution >= 0.6 is 0 Å². The molecule has 5 rings (SSSR count). The molecule has 5 heterocycles. The molecule has 30 heavy (non-hydrogen) atoms. The number of carbonyl (C=O) groups is 1. The van der Waals surface area contributed by atoms with Crippen LogP contribution in [0.4, 0.5) is 0 Å². The first-order valence-corrected chi connectivity index (χ1v) is 9.99. The lowest BCUT2D eigenvalue weighted by Crippen LogP contribution is -2.38. The Kier molecular flexibility index (Phi) is 4.85. The van der Waals surface area contributed by atoms with Crippen molar-refractivity contribution in [2.24, 2.45) is 0 Å². The van der Waals surface area contributed by atoms with Crippen molar-refractivity contribution in [3.05, 3.63) is 78.9 Å². The van der Waals surface area contributed by atoms with Gasteiger partial charge in [0.05, 0.1) is 5.56 Å². The number of nitrogens with zero attached hydrogens (tertiary/aromatic N) is 6. The quantitative estimate of drug-likeness (QED) is 0.527. The number of rotatable bonds is 3. The number of piperidine rings is 1. The van der Waals surface area contributed by atoms with Gasteiger partial charge in [-0.25, -0.2) is 19.9 Å². The summed E-state index contributed by atoms with van der Waals surface area (Å²) in [7, 11) is 0. The maximum Gasteiger partial charge on any atom is 0.256 e. The second-order valence-corrected chi connectivity index (χ2v) is 7.44. The molecule has 0 bridgehead atoms. The first-order valence-electron chi connectivity index (χ1n) is 9.99. The van der Waals surface area contributed by atoms with Gasteiger partial charge in [-0.15, -0.1) is 0 Å². The predicted octanol–water partition coefficient (Wildman–Crippen LogP) is 3.50. The monoisotopic (exact) mass is 396 g/mol. The lowest BCUT2D eigenvalue weighted by atomic mass is 9.92. The van der Waals surface area contributed by atoms with Crippen LogP contribution in [0.25, 0.3) is 22.2 Å². The van der Waals surface area contributed by atoms with Gasteiger partial charge < -0.3 is 4.90 Å². The molecule has 4 aromatic heterocycles. The van der Waals surface area contributed by atoms with Gasteiger partial charge in [-0.1, -0.05) is 0 Å². The van der Waals surface area contributed by atoms with Crippen molar-refractivity contribution in [1.82, 2.24) is 29.8 Å². The van der Waals surface area contributed by atoms with E-state index in [2.05, 4.69) is 38.1 Å². The summed E-state index contributed by atoms with van der Waals surface area (Å²) in [6.07, 6.45) is 11.8. The second kappa shape index (κ2) is 7.94. The minimum Gasteiger partial charge on any atom is -0.339 e. The van der Waals surface area contributed by atoms with E-state index in [1.54, 1.807) is 24.8 Å². The van der Waals surface area contributed by atoms with Gasteiger partial charge in [0.15, 0.2) is 5.65 Å². The van der Waals surface area contributed by atoms with Crippen molar-refractivity contribution >= 4 is 16.9 Å². The molecular formula is C23H20N6O. The molecule has 0 aliphatic carbocycles. The standard InChI is InChI=1S/C23H20N6O/c30-23(20-12-25-15-26-13-20)29-9-5-17(6-10-29)21-2-1-18-11-19(14-27-22(18)28-21)16-3-7-24-8-4-16/h1-4,7-8,11-15,17H,5-6,9-10H2. The van der Waals surface area contributed by atoms with Crippen molar-refractivity contribution in [3.63, 3.8) is 0 Å². The molecule has 1 amide bonds. The molecule has 4 aromatic rings. The Balaban J connectivity index is 1.30.